The molecule has 2 fully saturated rings. The number of carbonyl (C=O) groups is 1. The Morgan fingerprint density at radius 1 is 1.24 bits per heavy atom. The van der Waals surface area contributed by atoms with Crippen molar-refractivity contribution >= 4 is 16.9 Å². The predicted octanol–water partition coefficient (Wildman–Crippen LogP) is 3.03. The molecule has 3 heterocycles. The van der Waals surface area contributed by atoms with Crippen molar-refractivity contribution in [2.75, 3.05) is 26.7 Å². The normalized spacial score (nSPS) is 22.3. The van der Waals surface area contributed by atoms with E-state index in [1.54, 1.807) is 13.2 Å². The van der Waals surface area contributed by atoms with Gasteiger partial charge in [0.2, 0.25) is 5.91 Å². The van der Waals surface area contributed by atoms with Crippen LogP contribution in [0.25, 0.3) is 11.0 Å². The summed E-state index contributed by atoms with van der Waals surface area (Å²) in [4.78, 5) is 27.7. The van der Waals surface area contributed by atoms with Crippen LogP contribution in [0.15, 0.2) is 27.4 Å². The van der Waals surface area contributed by atoms with E-state index < -0.39 is 5.63 Å². The number of nitrogens with one attached hydrogen (secondary N) is 1. The topological polar surface area (TPSA) is 71.8 Å². The molecule has 2 atom stereocenters. The number of ether oxygens (including phenoxy) is 1. The van der Waals surface area contributed by atoms with Crippen molar-refractivity contribution in [2.45, 2.75) is 51.5 Å². The molecule has 0 saturated carbocycles. The molecule has 6 nitrogen and oxygen atoms in total. The van der Waals surface area contributed by atoms with Gasteiger partial charge in [-0.2, -0.15) is 0 Å². The first-order chi connectivity index (χ1) is 14.1. The van der Waals surface area contributed by atoms with Crippen LogP contribution in [0.2, 0.25) is 0 Å². The van der Waals surface area contributed by atoms with Crippen molar-refractivity contribution in [2.24, 2.45) is 5.92 Å². The fourth-order valence-corrected chi connectivity index (χ4v) is 4.99. The van der Waals surface area contributed by atoms with Gasteiger partial charge in [-0.05, 0) is 69.3 Å². The third-order valence-corrected chi connectivity index (χ3v) is 6.62. The molecule has 6 heteroatoms. The fraction of sp³-hybridized carbons (Fsp3) is 0.565. The van der Waals surface area contributed by atoms with Crippen LogP contribution < -0.4 is 15.7 Å². The molecular formula is C23H30N2O4. The molecule has 2 aliphatic heterocycles. The first kappa shape index (κ1) is 20.0. The van der Waals surface area contributed by atoms with Gasteiger partial charge in [-0.25, -0.2) is 4.79 Å². The summed E-state index contributed by atoms with van der Waals surface area (Å²) in [6.07, 6.45) is 6.23. The molecule has 1 N–H and O–H groups in total. The van der Waals surface area contributed by atoms with Crippen LogP contribution in [-0.2, 0) is 11.2 Å². The lowest BCUT2D eigenvalue weighted by Gasteiger charge is -2.44. The summed E-state index contributed by atoms with van der Waals surface area (Å²) in [7, 11) is 1.57. The van der Waals surface area contributed by atoms with Gasteiger partial charge in [-0.3, -0.25) is 4.79 Å². The van der Waals surface area contributed by atoms with Gasteiger partial charge in [0.25, 0.3) is 0 Å². The van der Waals surface area contributed by atoms with E-state index in [9.17, 15) is 9.59 Å². The minimum absolute atomic E-state index is 0.0528. The monoisotopic (exact) mass is 398 g/mol. The van der Waals surface area contributed by atoms with Crippen molar-refractivity contribution in [3.8, 4) is 5.75 Å². The average molecular weight is 399 g/mol. The zero-order chi connectivity index (χ0) is 20.4. The molecule has 0 bridgehead atoms. The minimum atomic E-state index is -0.450. The summed E-state index contributed by atoms with van der Waals surface area (Å²) in [5.41, 5.74) is 1.26. The Kier molecular flexibility index (Phi) is 5.90. The summed E-state index contributed by atoms with van der Waals surface area (Å²) < 4.78 is 10.7. The number of amides is 1. The third-order valence-electron chi connectivity index (χ3n) is 6.62. The molecular weight excluding hydrogens is 368 g/mol. The van der Waals surface area contributed by atoms with Gasteiger partial charge in [0, 0.05) is 24.0 Å². The van der Waals surface area contributed by atoms with Crippen LogP contribution in [-0.4, -0.2) is 43.6 Å². The Morgan fingerprint density at radius 3 is 2.90 bits per heavy atom. The summed E-state index contributed by atoms with van der Waals surface area (Å²) in [6.45, 7) is 4.94. The Balaban J connectivity index is 1.44. The number of aryl methyl sites for hydroxylation is 1. The number of nitrogens with zero attached hydrogens (tertiary/aromatic N) is 1. The lowest BCUT2D eigenvalue weighted by molar-refractivity contribution is -0.120. The van der Waals surface area contributed by atoms with Gasteiger partial charge < -0.3 is 19.4 Å². The molecule has 1 aromatic heterocycles. The highest BCUT2D eigenvalue weighted by molar-refractivity contribution is 5.85. The van der Waals surface area contributed by atoms with Crippen molar-refractivity contribution in [3.63, 3.8) is 0 Å². The molecule has 2 saturated heterocycles. The van der Waals surface area contributed by atoms with E-state index in [2.05, 4.69) is 10.2 Å². The van der Waals surface area contributed by atoms with E-state index in [0.29, 0.717) is 35.4 Å². The molecule has 0 spiro atoms. The van der Waals surface area contributed by atoms with Crippen molar-refractivity contribution in [1.29, 1.82) is 0 Å². The summed E-state index contributed by atoms with van der Waals surface area (Å²) in [5.74, 6) is 1.03. The van der Waals surface area contributed by atoms with Gasteiger partial charge in [-0.1, -0.05) is 6.42 Å². The number of methoxy groups -OCH3 is 1. The Labute approximate surface area is 171 Å². The average Bonchev–Trinajstić information content (AvgIpc) is 2.74. The maximum atomic E-state index is 12.6. The largest absolute Gasteiger partial charge is 0.497 e. The number of piperidine rings is 2. The van der Waals surface area contributed by atoms with Crippen LogP contribution in [0.4, 0.5) is 0 Å². The fourth-order valence-electron chi connectivity index (χ4n) is 4.99. The van der Waals surface area contributed by atoms with Gasteiger partial charge >= 0.3 is 5.63 Å². The summed E-state index contributed by atoms with van der Waals surface area (Å²) in [5, 5.41) is 3.92. The number of benzene rings is 1. The maximum absolute atomic E-state index is 12.6. The number of hydrogen-bond acceptors (Lipinski definition) is 5. The number of hydrogen-bond donors (Lipinski definition) is 1. The van der Waals surface area contributed by atoms with Crippen LogP contribution in [0.5, 0.6) is 5.75 Å². The predicted molar refractivity (Wildman–Crippen MR) is 112 cm³/mol. The van der Waals surface area contributed by atoms with Crippen molar-refractivity contribution < 1.29 is 13.9 Å². The first-order valence-electron chi connectivity index (χ1n) is 10.7. The zero-order valence-corrected chi connectivity index (χ0v) is 17.3. The van der Waals surface area contributed by atoms with Crippen molar-refractivity contribution in [3.05, 3.63) is 39.7 Å². The molecule has 4 rings (SSSR count). The lowest BCUT2D eigenvalue weighted by atomic mass is 9.83. The minimum Gasteiger partial charge on any atom is -0.497 e. The maximum Gasteiger partial charge on any atom is 0.340 e. The Bertz CT molecular complexity index is 950. The van der Waals surface area contributed by atoms with Crippen molar-refractivity contribution in [1.82, 2.24) is 10.2 Å². The van der Waals surface area contributed by atoms with Gasteiger partial charge in [-0.15, -0.1) is 0 Å². The second kappa shape index (κ2) is 8.57. The molecule has 2 aliphatic rings. The molecule has 29 heavy (non-hydrogen) atoms. The highest BCUT2D eigenvalue weighted by Crippen LogP contribution is 2.30. The van der Waals surface area contributed by atoms with E-state index in [4.69, 9.17) is 9.15 Å². The smallest absolute Gasteiger partial charge is 0.340 e. The number of rotatable bonds is 5. The molecule has 1 aromatic carbocycles. The summed E-state index contributed by atoms with van der Waals surface area (Å²) in [6, 6.07) is 6.00. The van der Waals surface area contributed by atoms with E-state index in [-0.39, 0.29) is 12.3 Å². The molecule has 0 radical (unpaired) electrons. The molecule has 1 amide bonds. The van der Waals surface area contributed by atoms with Gasteiger partial charge in [0.15, 0.2) is 0 Å². The van der Waals surface area contributed by atoms with Gasteiger partial charge in [0.1, 0.15) is 11.3 Å². The quantitative estimate of drug-likeness (QED) is 0.784. The highest BCUT2D eigenvalue weighted by atomic mass is 16.5. The molecule has 2 aromatic rings. The van der Waals surface area contributed by atoms with Crippen LogP contribution in [0.1, 0.15) is 43.2 Å². The van der Waals surface area contributed by atoms with E-state index in [1.165, 1.54) is 45.2 Å². The molecule has 0 aliphatic carbocycles. The molecule has 0 unspecified atom stereocenters. The number of carbonyl (C=O) groups excluding carboxylic acids is 1. The lowest BCUT2D eigenvalue weighted by Crippen LogP contribution is -2.51. The Morgan fingerprint density at radius 2 is 2.07 bits per heavy atom. The molecule has 156 valence electrons. The standard InChI is InChI=1S/C23H30N2O4/c1-15-18-9-8-17(28-2)12-21(18)29-23(27)19(15)13-22(26)24-14-16-6-5-11-25-10-4-3-7-20(16)25/h8-9,12,16,20H,3-7,10-11,13-14H2,1-2H3,(H,24,26)/t16-,20-/m1/s1. The number of fused-ring (bicyclic) bond motifs is 2. The second-order valence-corrected chi connectivity index (χ2v) is 8.34. The van der Waals surface area contributed by atoms with Gasteiger partial charge in [0.05, 0.1) is 19.1 Å². The zero-order valence-electron chi connectivity index (χ0n) is 17.3. The SMILES string of the molecule is COc1ccc2c(C)c(CC(=O)NC[C@H]3CCCN4CCCC[C@H]34)c(=O)oc2c1. The third kappa shape index (κ3) is 4.17. The van der Waals surface area contributed by atoms with E-state index >= 15 is 0 Å². The Hall–Kier alpha value is -2.34. The van der Waals surface area contributed by atoms with Crippen LogP contribution in [0, 0.1) is 12.8 Å². The van der Waals surface area contributed by atoms with E-state index in [1.807, 2.05) is 19.1 Å². The highest BCUT2D eigenvalue weighted by Gasteiger charge is 2.33. The first-order valence-corrected chi connectivity index (χ1v) is 10.7. The van der Waals surface area contributed by atoms with E-state index in [0.717, 1.165) is 10.9 Å². The summed E-state index contributed by atoms with van der Waals surface area (Å²) >= 11 is 0. The second-order valence-electron chi connectivity index (χ2n) is 8.34. The van der Waals surface area contributed by atoms with Crippen LogP contribution >= 0.6 is 0 Å². The van der Waals surface area contributed by atoms with Crippen LogP contribution in [0.3, 0.4) is 0 Å².